The van der Waals surface area contributed by atoms with Crippen LogP contribution >= 0.6 is 0 Å². The van der Waals surface area contributed by atoms with Gasteiger partial charge in [0.1, 0.15) is 5.75 Å². The Hall–Kier alpha value is -1.06. The number of rotatable bonds is 7. The molecule has 3 nitrogen and oxygen atoms in total. The molecule has 112 valence electrons. The van der Waals surface area contributed by atoms with E-state index in [2.05, 4.69) is 37.4 Å². The summed E-state index contributed by atoms with van der Waals surface area (Å²) in [4.78, 5) is 0. The molecule has 2 rings (SSSR count). The highest BCUT2D eigenvalue weighted by atomic mass is 16.5. The average Bonchev–Trinajstić information content (AvgIpc) is 2.41. The van der Waals surface area contributed by atoms with Gasteiger partial charge in [-0.1, -0.05) is 19.1 Å². The number of nitrogens with one attached hydrogen (secondary N) is 1. The van der Waals surface area contributed by atoms with Crippen molar-refractivity contribution in [3.8, 4) is 5.75 Å². The summed E-state index contributed by atoms with van der Waals surface area (Å²) in [6.07, 6.45) is 4.69. The Morgan fingerprint density at radius 1 is 1.30 bits per heavy atom. The smallest absolute Gasteiger partial charge is 0.121 e. The molecule has 0 saturated heterocycles. The van der Waals surface area contributed by atoms with Gasteiger partial charge in [0.15, 0.2) is 0 Å². The van der Waals surface area contributed by atoms with Gasteiger partial charge in [-0.05, 0) is 56.3 Å². The first-order valence-electron chi connectivity index (χ1n) is 7.57. The third-order valence-electron chi connectivity index (χ3n) is 4.55. The van der Waals surface area contributed by atoms with Gasteiger partial charge < -0.3 is 14.8 Å². The van der Waals surface area contributed by atoms with E-state index in [1.165, 1.54) is 30.4 Å². The van der Waals surface area contributed by atoms with Crippen LogP contribution in [0.25, 0.3) is 0 Å². The van der Waals surface area contributed by atoms with Crippen LogP contribution in [0.15, 0.2) is 18.2 Å². The SMILES string of the molecule is CCNC(CC1(OC)CCC1)c1ccc(OC)c(C)c1. The molecule has 1 saturated carbocycles. The summed E-state index contributed by atoms with van der Waals surface area (Å²) in [6.45, 7) is 5.22. The molecule has 0 aliphatic heterocycles. The molecule has 1 unspecified atom stereocenters. The first kappa shape index (κ1) is 15.3. The molecule has 0 spiro atoms. The van der Waals surface area contributed by atoms with E-state index in [1.807, 2.05) is 7.11 Å². The largest absolute Gasteiger partial charge is 0.496 e. The molecule has 0 amide bonds. The van der Waals surface area contributed by atoms with E-state index in [-0.39, 0.29) is 5.60 Å². The van der Waals surface area contributed by atoms with Crippen molar-refractivity contribution in [1.29, 1.82) is 0 Å². The second-order valence-corrected chi connectivity index (χ2v) is 5.78. The molecular formula is C17H27NO2. The highest BCUT2D eigenvalue weighted by Crippen LogP contribution is 2.42. The van der Waals surface area contributed by atoms with Crippen LogP contribution in [0.2, 0.25) is 0 Å². The minimum Gasteiger partial charge on any atom is -0.496 e. The molecule has 0 aromatic heterocycles. The summed E-state index contributed by atoms with van der Waals surface area (Å²) in [5, 5.41) is 3.60. The number of aryl methyl sites for hydroxylation is 1. The highest BCUT2D eigenvalue weighted by Gasteiger charge is 2.39. The molecule has 1 atom stereocenters. The van der Waals surface area contributed by atoms with Crippen LogP contribution in [0.3, 0.4) is 0 Å². The van der Waals surface area contributed by atoms with Crippen LogP contribution in [-0.4, -0.2) is 26.4 Å². The molecule has 0 radical (unpaired) electrons. The van der Waals surface area contributed by atoms with E-state index < -0.39 is 0 Å². The average molecular weight is 277 g/mol. The van der Waals surface area contributed by atoms with Gasteiger partial charge in [-0.15, -0.1) is 0 Å². The lowest BCUT2D eigenvalue weighted by atomic mass is 9.74. The summed E-state index contributed by atoms with van der Waals surface area (Å²) in [7, 11) is 3.57. The Bertz CT molecular complexity index is 435. The summed E-state index contributed by atoms with van der Waals surface area (Å²) >= 11 is 0. The van der Waals surface area contributed by atoms with E-state index in [4.69, 9.17) is 9.47 Å². The number of benzene rings is 1. The first-order chi connectivity index (χ1) is 9.64. The summed E-state index contributed by atoms with van der Waals surface area (Å²) in [5.41, 5.74) is 2.60. The van der Waals surface area contributed by atoms with E-state index in [1.54, 1.807) is 7.11 Å². The Morgan fingerprint density at radius 2 is 2.05 bits per heavy atom. The lowest BCUT2D eigenvalue weighted by Gasteiger charge is -2.43. The molecule has 20 heavy (non-hydrogen) atoms. The second kappa shape index (κ2) is 6.59. The molecule has 0 bridgehead atoms. The standard InChI is InChI=1S/C17H27NO2/c1-5-18-15(12-17(20-4)9-6-10-17)14-7-8-16(19-3)13(2)11-14/h7-8,11,15,18H,5-6,9-10,12H2,1-4H3. The molecule has 1 aromatic carbocycles. The molecule has 1 N–H and O–H groups in total. The normalized spacial score (nSPS) is 18.4. The maximum Gasteiger partial charge on any atom is 0.121 e. The fourth-order valence-corrected chi connectivity index (χ4v) is 3.11. The molecule has 0 heterocycles. The third-order valence-corrected chi connectivity index (χ3v) is 4.55. The lowest BCUT2D eigenvalue weighted by Crippen LogP contribution is -2.42. The predicted molar refractivity (Wildman–Crippen MR) is 82.4 cm³/mol. The fraction of sp³-hybridized carbons (Fsp3) is 0.647. The Balaban J connectivity index is 2.17. The van der Waals surface area contributed by atoms with Gasteiger partial charge in [0.2, 0.25) is 0 Å². The Labute approximate surface area is 122 Å². The van der Waals surface area contributed by atoms with Crippen LogP contribution in [0, 0.1) is 6.92 Å². The quantitative estimate of drug-likeness (QED) is 0.826. The molecular weight excluding hydrogens is 250 g/mol. The van der Waals surface area contributed by atoms with Crippen LogP contribution < -0.4 is 10.1 Å². The molecule has 1 aliphatic carbocycles. The van der Waals surface area contributed by atoms with Crippen LogP contribution in [-0.2, 0) is 4.74 Å². The van der Waals surface area contributed by atoms with Crippen LogP contribution in [0.4, 0.5) is 0 Å². The fourth-order valence-electron chi connectivity index (χ4n) is 3.11. The van der Waals surface area contributed by atoms with Crippen molar-refractivity contribution in [2.45, 2.75) is 51.2 Å². The minimum atomic E-state index is 0.0840. The maximum atomic E-state index is 5.78. The van der Waals surface area contributed by atoms with Gasteiger partial charge in [-0.25, -0.2) is 0 Å². The first-order valence-corrected chi connectivity index (χ1v) is 7.57. The van der Waals surface area contributed by atoms with Gasteiger partial charge in [-0.2, -0.15) is 0 Å². The van der Waals surface area contributed by atoms with E-state index in [0.717, 1.165) is 18.7 Å². The molecule has 3 heteroatoms. The molecule has 1 aliphatic rings. The number of hydrogen-bond acceptors (Lipinski definition) is 3. The van der Waals surface area contributed by atoms with Gasteiger partial charge in [-0.3, -0.25) is 0 Å². The number of ether oxygens (including phenoxy) is 2. The van der Waals surface area contributed by atoms with Crippen molar-refractivity contribution >= 4 is 0 Å². The van der Waals surface area contributed by atoms with Crippen LogP contribution in [0.1, 0.15) is 49.8 Å². The number of methoxy groups -OCH3 is 2. The minimum absolute atomic E-state index is 0.0840. The van der Waals surface area contributed by atoms with Crippen molar-refractivity contribution in [2.24, 2.45) is 0 Å². The predicted octanol–water partition coefficient (Wildman–Crippen LogP) is 3.61. The summed E-state index contributed by atoms with van der Waals surface area (Å²) < 4.78 is 11.1. The van der Waals surface area contributed by atoms with Gasteiger partial charge >= 0.3 is 0 Å². The van der Waals surface area contributed by atoms with Crippen molar-refractivity contribution < 1.29 is 9.47 Å². The van der Waals surface area contributed by atoms with E-state index in [9.17, 15) is 0 Å². The molecule has 1 fully saturated rings. The lowest BCUT2D eigenvalue weighted by molar-refractivity contribution is -0.0837. The zero-order chi connectivity index (χ0) is 14.6. The summed E-state index contributed by atoms with van der Waals surface area (Å²) in [6, 6.07) is 6.81. The topological polar surface area (TPSA) is 30.5 Å². The van der Waals surface area contributed by atoms with Gasteiger partial charge in [0.05, 0.1) is 12.7 Å². The summed E-state index contributed by atoms with van der Waals surface area (Å²) in [5.74, 6) is 0.953. The van der Waals surface area contributed by atoms with Crippen molar-refractivity contribution in [3.05, 3.63) is 29.3 Å². The second-order valence-electron chi connectivity index (χ2n) is 5.78. The van der Waals surface area contributed by atoms with Crippen molar-refractivity contribution in [3.63, 3.8) is 0 Å². The molecule has 1 aromatic rings. The Kier molecular flexibility index (Phi) is 5.06. The van der Waals surface area contributed by atoms with E-state index in [0.29, 0.717) is 6.04 Å². The monoisotopic (exact) mass is 277 g/mol. The highest BCUT2D eigenvalue weighted by molar-refractivity contribution is 5.37. The zero-order valence-electron chi connectivity index (χ0n) is 13.2. The number of hydrogen-bond donors (Lipinski definition) is 1. The van der Waals surface area contributed by atoms with Crippen molar-refractivity contribution in [2.75, 3.05) is 20.8 Å². The maximum absolute atomic E-state index is 5.78. The van der Waals surface area contributed by atoms with Crippen LogP contribution in [0.5, 0.6) is 5.75 Å². The van der Waals surface area contributed by atoms with Crippen molar-refractivity contribution in [1.82, 2.24) is 5.32 Å². The van der Waals surface area contributed by atoms with Gasteiger partial charge in [0, 0.05) is 13.2 Å². The van der Waals surface area contributed by atoms with Gasteiger partial charge in [0.25, 0.3) is 0 Å². The third kappa shape index (κ3) is 3.15. The zero-order valence-corrected chi connectivity index (χ0v) is 13.2. The van der Waals surface area contributed by atoms with E-state index >= 15 is 0 Å². The Morgan fingerprint density at radius 3 is 2.50 bits per heavy atom.